The number of rotatable bonds is 3. The number of nitrogens with one attached hydrogen (secondary N) is 2. The number of aryl methyl sites for hydroxylation is 1. The standard InChI is InChI=1S/C19H21F3N8O.C2HF3O2/c1-28-10-14(16(27-28)19(20,21)22)25-18(31)13-8-23-30-7-5-15(26-17(13)30)29-6-4-11-2-3-12(9-29)24-11;3-2(4,5)1(6)7/h5,7-8,10-12,24H,2-4,6,9H2,1H3,(H,25,31);(H,6,7)/t11-,12+;/m0./s1. The van der Waals surface area contributed by atoms with E-state index in [0.29, 0.717) is 17.9 Å². The molecule has 206 valence electrons. The molecule has 0 saturated carbocycles. The van der Waals surface area contributed by atoms with Gasteiger partial charge in [0.15, 0.2) is 11.3 Å². The number of hydrogen-bond donors (Lipinski definition) is 3. The van der Waals surface area contributed by atoms with Crippen molar-refractivity contribution in [1.29, 1.82) is 0 Å². The first-order valence-corrected chi connectivity index (χ1v) is 11.3. The van der Waals surface area contributed by atoms with Gasteiger partial charge in [0.1, 0.15) is 11.4 Å². The van der Waals surface area contributed by atoms with Crippen LogP contribution in [0.4, 0.5) is 37.8 Å². The van der Waals surface area contributed by atoms with E-state index in [1.165, 1.54) is 24.2 Å². The number of aromatic nitrogens is 5. The van der Waals surface area contributed by atoms with Crippen LogP contribution in [0.1, 0.15) is 35.3 Å². The number of alkyl halides is 6. The number of halogens is 6. The zero-order chi connectivity index (χ0) is 27.8. The Labute approximate surface area is 210 Å². The fraction of sp³-hybridized carbons (Fsp3) is 0.476. The third-order valence-corrected chi connectivity index (χ3v) is 6.03. The molecular formula is C21H22F6N8O3. The van der Waals surface area contributed by atoms with Gasteiger partial charge in [-0.05, 0) is 25.3 Å². The van der Waals surface area contributed by atoms with Crippen LogP contribution in [0.2, 0.25) is 0 Å². The molecule has 17 heteroatoms. The van der Waals surface area contributed by atoms with Crippen molar-refractivity contribution in [1.82, 2.24) is 29.7 Å². The van der Waals surface area contributed by atoms with E-state index in [-0.39, 0.29) is 11.2 Å². The van der Waals surface area contributed by atoms with Crippen LogP contribution in [0.5, 0.6) is 0 Å². The second kappa shape index (κ2) is 10.1. The molecule has 38 heavy (non-hydrogen) atoms. The van der Waals surface area contributed by atoms with Crippen molar-refractivity contribution in [2.75, 3.05) is 23.3 Å². The van der Waals surface area contributed by atoms with Crippen LogP contribution < -0.4 is 15.5 Å². The van der Waals surface area contributed by atoms with E-state index in [4.69, 9.17) is 9.90 Å². The Kier molecular flexibility index (Phi) is 7.22. The molecule has 2 atom stereocenters. The van der Waals surface area contributed by atoms with Gasteiger partial charge in [0.05, 0.1) is 11.9 Å². The number of anilines is 2. The molecular weight excluding hydrogens is 526 g/mol. The summed E-state index contributed by atoms with van der Waals surface area (Å²) in [6.45, 7) is 1.66. The molecule has 3 aromatic rings. The van der Waals surface area contributed by atoms with Gasteiger partial charge in [0.2, 0.25) is 0 Å². The molecule has 3 aromatic heterocycles. The van der Waals surface area contributed by atoms with Crippen molar-refractivity contribution in [3.8, 4) is 0 Å². The number of aliphatic carboxylic acids is 1. The summed E-state index contributed by atoms with van der Waals surface area (Å²) in [4.78, 5) is 28.5. The highest BCUT2D eigenvalue weighted by Crippen LogP contribution is 2.33. The van der Waals surface area contributed by atoms with Crippen LogP contribution in [-0.4, -0.2) is 72.7 Å². The third kappa shape index (κ3) is 5.98. The van der Waals surface area contributed by atoms with Crippen molar-refractivity contribution >= 4 is 29.0 Å². The van der Waals surface area contributed by atoms with Crippen molar-refractivity contribution < 1.29 is 41.0 Å². The normalized spacial score (nSPS) is 19.6. The van der Waals surface area contributed by atoms with E-state index >= 15 is 0 Å². The average Bonchev–Trinajstić information content (AvgIpc) is 3.49. The Morgan fingerprint density at radius 1 is 1.13 bits per heavy atom. The lowest BCUT2D eigenvalue weighted by molar-refractivity contribution is -0.192. The van der Waals surface area contributed by atoms with Crippen LogP contribution in [0.25, 0.3) is 5.65 Å². The largest absolute Gasteiger partial charge is 0.490 e. The first-order chi connectivity index (χ1) is 17.7. The maximum Gasteiger partial charge on any atom is 0.490 e. The van der Waals surface area contributed by atoms with Gasteiger partial charge in [0.25, 0.3) is 5.91 Å². The SMILES string of the molecule is Cn1cc(NC(=O)c2cnn3ccc(N4CC[C@@H]5CC[C@H](C4)N5)nc23)c(C(F)(F)F)n1.O=C(O)C(F)(F)F. The van der Waals surface area contributed by atoms with Crippen molar-refractivity contribution in [3.05, 3.63) is 35.9 Å². The molecule has 5 heterocycles. The molecule has 2 fully saturated rings. The van der Waals surface area contributed by atoms with Gasteiger partial charge in [-0.25, -0.2) is 14.3 Å². The van der Waals surface area contributed by atoms with Crippen LogP contribution in [-0.2, 0) is 18.0 Å². The highest BCUT2D eigenvalue weighted by molar-refractivity contribution is 6.08. The molecule has 2 aliphatic rings. The number of nitrogens with zero attached hydrogens (tertiary/aromatic N) is 6. The minimum atomic E-state index is -5.08. The lowest BCUT2D eigenvalue weighted by atomic mass is 10.1. The zero-order valence-electron chi connectivity index (χ0n) is 19.7. The number of carboxylic acids is 1. The molecule has 2 saturated heterocycles. The number of carbonyl (C=O) groups excluding carboxylic acids is 1. The Morgan fingerprint density at radius 3 is 2.47 bits per heavy atom. The van der Waals surface area contributed by atoms with Crippen LogP contribution >= 0.6 is 0 Å². The second-order valence-electron chi connectivity index (χ2n) is 8.80. The number of fused-ring (bicyclic) bond motifs is 3. The Balaban J connectivity index is 0.000000426. The van der Waals surface area contributed by atoms with E-state index in [1.807, 2.05) is 6.07 Å². The Bertz CT molecular complexity index is 1330. The molecule has 11 nitrogen and oxygen atoms in total. The predicted octanol–water partition coefficient (Wildman–Crippen LogP) is 2.70. The molecule has 0 radical (unpaired) electrons. The summed E-state index contributed by atoms with van der Waals surface area (Å²) in [6, 6.07) is 2.77. The molecule has 0 unspecified atom stereocenters. The third-order valence-electron chi connectivity index (χ3n) is 6.03. The maximum absolute atomic E-state index is 13.2. The lowest BCUT2D eigenvalue weighted by Crippen LogP contribution is -2.35. The number of amides is 1. The van der Waals surface area contributed by atoms with E-state index in [2.05, 4.69) is 30.7 Å². The Hall–Kier alpha value is -3.89. The topological polar surface area (TPSA) is 130 Å². The molecule has 2 bridgehead atoms. The number of carboxylic acid groups (broad SMARTS) is 1. The summed E-state index contributed by atoms with van der Waals surface area (Å²) >= 11 is 0. The van der Waals surface area contributed by atoms with Gasteiger partial charge in [-0.15, -0.1) is 0 Å². The summed E-state index contributed by atoms with van der Waals surface area (Å²) in [5.41, 5.74) is -1.19. The lowest BCUT2D eigenvalue weighted by Gasteiger charge is -2.25. The van der Waals surface area contributed by atoms with Crippen molar-refractivity contribution in [2.45, 2.75) is 43.7 Å². The second-order valence-corrected chi connectivity index (χ2v) is 8.80. The van der Waals surface area contributed by atoms with Gasteiger partial charge in [-0.2, -0.15) is 36.5 Å². The summed E-state index contributed by atoms with van der Waals surface area (Å²) < 4.78 is 73.8. The van der Waals surface area contributed by atoms with Crippen LogP contribution in [0.15, 0.2) is 24.7 Å². The molecule has 0 spiro atoms. The molecule has 5 rings (SSSR count). The van der Waals surface area contributed by atoms with E-state index in [0.717, 1.165) is 36.8 Å². The highest BCUT2D eigenvalue weighted by Gasteiger charge is 2.39. The van der Waals surface area contributed by atoms with Crippen molar-refractivity contribution in [2.24, 2.45) is 7.05 Å². The van der Waals surface area contributed by atoms with Gasteiger partial charge in [-0.1, -0.05) is 0 Å². The van der Waals surface area contributed by atoms with Crippen LogP contribution in [0.3, 0.4) is 0 Å². The molecule has 0 aromatic carbocycles. The fourth-order valence-electron chi connectivity index (χ4n) is 4.33. The van der Waals surface area contributed by atoms with Gasteiger partial charge < -0.3 is 20.6 Å². The van der Waals surface area contributed by atoms with E-state index in [1.54, 1.807) is 6.20 Å². The fourth-order valence-corrected chi connectivity index (χ4v) is 4.33. The highest BCUT2D eigenvalue weighted by atomic mass is 19.4. The molecule has 0 aliphatic carbocycles. The van der Waals surface area contributed by atoms with Gasteiger partial charge in [-0.3, -0.25) is 9.48 Å². The number of carbonyl (C=O) groups is 2. The smallest absolute Gasteiger partial charge is 0.475 e. The first kappa shape index (κ1) is 27.2. The van der Waals surface area contributed by atoms with Crippen LogP contribution in [0, 0.1) is 0 Å². The minimum absolute atomic E-state index is 0.0910. The van der Waals surface area contributed by atoms with Crippen molar-refractivity contribution in [3.63, 3.8) is 0 Å². The number of hydrogen-bond acceptors (Lipinski definition) is 7. The summed E-state index contributed by atoms with van der Waals surface area (Å²) in [6.07, 6.45) is -2.33. The molecule has 2 aliphatic heterocycles. The quantitative estimate of drug-likeness (QED) is 0.426. The first-order valence-electron chi connectivity index (χ1n) is 11.3. The maximum atomic E-state index is 13.2. The zero-order valence-corrected chi connectivity index (χ0v) is 19.7. The molecule has 3 N–H and O–H groups in total. The molecule has 1 amide bonds. The summed E-state index contributed by atoms with van der Waals surface area (Å²) in [5, 5.41) is 20.6. The minimum Gasteiger partial charge on any atom is -0.475 e. The van der Waals surface area contributed by atoms with E-state index < -0.39 is 35.6 Å². The summed E-state index contributed by atoms with van der Waals surface area (Å²) in [7, 11) is 1.36. The van der Waals surface area contributed by atoms with Gasteiger partial charge >= 0.3 is 18.3 Å². The van der Waals surface area contributed by atoms with Gasteiger partial charge in [0, 0.05) is 44.6 Å². The summed E-state index contributed by atoms with van der Waals surface area (Å²) in [5.74, 6) is -2.77. The average molecular weight is 548 g/mol. The van der Waals surface area contributed by atoms with E-state index in [9.17, 15) is 31.1 Å². The monoisotopic (exact) mass is 548 g/mol. The predicted molar refractivity (Wildman–Crippen MR) is 120 cm³/mol. The Morgan fingerprint density at radius 2 is 1.82 bits per heavy atom.